The average Bonchev–Trinajstić information content (AvgIpc) is 3.20. The number of aryl methyl sites for hydroxylation is 3. The summed E-state index contributed by atoms with van der Waals surface area (Å²) in [6.07, 6.45) is 4.54. The van der Waals surface area contributed by atoms with E-state index in [1.165, 1.54) is 11.8 Å². The van der Waals surface area contributed by atoms with Crippen molar-refractivity contribution in [1.82, 2.24) is 10.3 Å². The van der Waals surface area contributed by atoms with E-state index in [-0.39, 0.29) is 17.5 Å². The summed E-state index contributed by atoms with van der Waals surface area (Å²) in [6, 6.07) is 4.04. The topological polar surface area (TPSA) is 102 Å². The lowest BCUT2D eigenvalue weighted by molar-refractivity contribution is -0.759. The Morgan fingerprint density at radius 2 is 2.43 bits per heavy atom. The number of thioether (sulfide) groups is 1. The molecular formula is C15H15N5O2S. The maximum Gasteiger partial charge on any atom is 0.320 e. The van der Waals surface area contributed by atoms with Crippen LogP contribution in [0.15, 0.2) is 26.8 Å². The van der Waals surface area contributed by atoms with E-state index in [0.717, 1.165) is 30.5 Å². The van der Waals surface area contributed by atoms with Gasteiger partial charge in [0.05, 0.1) is 5.56 Å². The lowest BCUT2D eigenvalue weighted by Crippen LogP contribution is -2.32. The summed E-state index contributed by atoms with van der Waals surface area (Å²) in [5.74, 6) is -0.0618. The molecule has 0 aromatic carbocycles. The molecule has 23 heavy (non-hydrogen) atoms. The molecule has 0 fully saturated rings. The number of aromatic nitrogens is 3. The van der Waals surface area contributed by atoms with E-state index in [1.54, 1.807) is 10.9 Å². The van der Waals surface area contributed by atoms with E-state index in [0.29, 0.717) is 17.1 Å². The second-order valence-electron chi connectivity index (χ2n) is 5.10. The van der Waals surface area contributed by atoms with Crippen molar-refractivity contribution in [3.8, 4) is 6.07 Å². The summed E-state index contributed by atoms with van der Waals surface area (Å²) in [4.78, 5) is 8.38. The summed E-state index contributed by atoms with van der Waals surface area (Å²) in [5.41, 5.74) is 2.70. The Hall–Kier alpha value is -2.40. The van der Waals surface area contributed by atoms with Gasteiger partial charge < -0.3 is 5.11 Å². The van der Waals surface area contributed by atoms with E-state index in [2.05, 4.69) is 21.3 Å². The molecule has 3 rings (SSSR count). The normalized spacial score (nSPS) is 13.8. The third kappa shape index (κ3) is 3.51. The van der Waals surface area contributed by atoms with Crippen molar-refractivity contribution in [2.45, 2.75) is 37.8 Å². The number of hydrogen-bond donors (Lipinski definition) is 0. The van der Waals surface area contributed by atoms with E-state index < -0.39 is 0 Å². The number of nitrogens with zero attached hydrogens (tertiary/aromatic N) is 5. The third-order valence-corrected chi connectivity index (χ3v) is 4.50. The van der Waals surface area contributed by atoms with E-state index in [9.17, 15) is 10.4 Å². The van der Waals surface area contributed by atoms with Gasteiger partial charge in [-0.15, -0.1) is 0 Å². The fraction of sp³-hybridized carbons (Fsp3) is 0.400. The first-order valence-electron chi connectivity index (χ1n) is 7.36. The smallest absolute Gasteiger partial charge is 0.320 e. The van der Waals surface area contributed by atoms with Crippen LogP contribution in [0.3, 0.4) is 0 Å². The quantitative estimate of drug-likeness (QED) is 0.350. The van der Waals surface area contributed by atoms with Gasteiger partial charge in [0.2, 0.25) is 5.27 Å². The van der Waals surface area contributed by atoms with Crippen LogP contribution in [0.2, 0.25) is 0 Å². The first kappa shape index (κ1) is 15.5. The highest BCUT2D eigenvalue weighted by Crippen LogP contribution is 2.27. The van der Waals surface area contributed by atoms with E-state index >= 15 is 0 Å². The first-order valence-corrected chi connectivity index (χ1v) is 8.35. The molecule has 1 aliphatic rings. The van der Waals surface area contributed by atoms with Gasteiger partial charge in [-0.1, -0.05) is 16.4 Å². The van der Waals surface area contributed by atoms with Gasteiger partial charge in [0.1, 0.15) is 11.1 Å². The number of pyridine rings is 1. The van der Waals surface area contributed by atoms with Gasteiger partial charge in [0.25, 0.3) is 6.20 Å². The molecule has 118 valence electrons. The van der Waals surface area contributed by atoms with Gasteiger partial charge in [0.15, 0.2) is 6.54 Å². The molecule has 2 aromatic rings. The molecule has 0 radical (unpaired) electrons. The van der Waals surface area contributed by atoms with Crippen molar-refractivity contribution in [3.05, 3.63) is 29.1 Å². The summed E-state index contributed by atoms with van der Waals surface area (Å²) >= 11 is 1.23. The molecule has 0 saturated heterocycles. The standard InChI is InChI=1S/C15H15N5O2S/c1-2-20-8-14(22-19-20)18-13(21)9-23-15-11(7-16)6-10-4-3-5-12(10)17-15/h6,8H,2-5,9H2,1H3. The van der Waals surface area contributed by atoms with Gasteiger partial charge in [-0.3, -0.25) is 4.52 Å². The highest BCUT2D eigenvalue weighted by atomic mass is 32.2. The monoisotopic (exact) mass is 329 g/mol. The first-order chi connectivity index (χ1) is 11.2. The van der Waals surface area contributed by atoms with E-state index in [1.807, 2.05) is 13.0 Å². The van der Waals surface area contributed by atoms with Crippen LogP contribution in [0.5, 0.6) is 0 Å². The van der Waals surface area contributed by atoms with Crippen LogP contribution in [-0.4, -0.2) is 21.9 Å². The molecule has 7 nitrogen and oxygen atoms in total. The second kappa shape index (κ2) is 6.79. The second-order valence-corrected chi connectivity index (χ2v) is 6.07. The Kier molecular flexibility index (Phi) is 4.57. The molecule has 0 unspecified atom stereocenters. The van der Waals surface area contributed by atoms with Crippen molar-refractivity contribution in [3.63, 3.8) is 0 Å². The minimum atomic E-state index is -0.347. The van der Waals surface area contributed by atoms with E-state index in [4.69, 9.17) is 4.52 Å². The molecule has 8 heteroatoms. The van der Waals surface area contributed by atoms with Crippen LogP contribution in [0, 0.1) is 11.3 Å². The van der Waals surface area contributed by atoms with Crippen LogP contribution in [0.1, 0.15) is 30.2 Å². The number of hydrogen-bond acceptors (Lipinski definition) is 7. The van der Waals surface area contributed by atoms with Gasteiger partial charge >= 0.3 is 5.88 Å². The molecule has 0 amide bonds. The van der Waals surface area contributed by atoms with Gasteiger partial charge in [-0.25, -0.2) is 9.98 Å². The van der Waals surface area contributed by atoms with Crippen LogP contribution in [0.25, 0.3) is 0 Å². The van der Waals surface area contributed by atoms with Gasteiger partial charge in [-0.05, 0) is 43.7 Å². The van der Waals surface area contributed by atoms with Crippen LogP contribution in [0.4, 0.5) is 5.88 Å². The summed E-state index contributed by atoms with van der Waals surface area (Å²) in [6.45, 7) is 2.56. The van der Waals surface area contributed by atoms with Gasteiger partial charge in [0, 0.05) is 11.4 Å². The third-order valence-electron chi connectivity index (χ3n) is 3.53. The Labute approximate surface area is 137 Å². The fourth-order valence-electron chi connectivity index (χ4n) is 2.40. The Bertz CT molecular complexity index is 794. The molecule has 2 aromatic heterocycles. The highest BCUT2D eigenvalue weighted by Gasteiger charge is 2.16. The van der Waals surface area contributed by atoms with Crippen molar-refractivity contribution in [1.29, 1.82) is 5.26 Å². The molecule has 0 aliphatic heterocycles. The molecule has 0 bridgehead atoms. The summed E-state index contributed by atoms with van der Waals surface area (Å²) < 4.78 is 6.48. The largest absolute Gasteiger partial charge is 0.861 e. The SMILES string of the molecule is CC[n+]1cc(/N=C(\[O-])CSc2nc3c(cc2C#N)CCC3)on1. The fourth-order valence-corrected chi connectivity index (χ4v) is 3.16. The Morgan fingerprint density at radius 1 is 1.57 bits per heavy atom. The van der Waals surface area contributed by atoms with Crippen LogP contribution in [-0.2, 0) is 19.4 Å². The molecule has 1 aliphatic carbocycles. The molecule has 0 N–H and O–H groups in total. The number of rotatable bonds is 5. The predicted molar refractivity (Wildman–Crippen MR) is 81.2 cm³/mol. The molecular weight excluding hydrogens is 314 g/mol. The van der Waals surface area contributed by atoms with Crippen molar-refractivity contribution in [2.75, 3.05) is 5.75 Å². The van der Waals surface area contributed by atoms with Crippen molar-refractivity contribution >= 4 is 23.5 Å². The Morgan fingerprint density at radius 3 is 3.17 bits per heavy atom. The van der Waals surface area contributed by atoms with Gasteiger partial charge in [-0.2, -0.15) is 5.26 Å². The molecule has 2 heterocycles. The minimum absolute atomic E-state index is 0.104. The molecule has 0 spiro atoms. The lowest BCUT2D eigenvalue weighted by Gasteiger charge is -2.10. The Balaban J connectivity index is 1.71. The highest BCUT2D eigenvalue weighted by molar-refractivity contribution is 7.99. The average molecular weight is 329 g/mol. The zero-order valence-corrected chi connectivity index (χ0v) is 13.5. The minimum Gasteiger partial charge on any atom is -0.861 e. The summed E-state index contributed by atoms with van der Waals surface area (Å²) in [5, 5.41) is 25.5. The number of fused-ring (bicyclic) bond motifs is 1. The summed E-state index contributed by atoms with van der Waals surface area (Å²) in [7, 11) is 0. The zero-order valence-electron chi connectivity index (χ0n) is 12.7. The lowest BCUT2D eigenvalue weighted by atomic mass is 10.2. The molecule has 0 saturated carbocycles. The zero-order chi connectivity index (χ0) is 16.2. The number of aliphatic imine (C=N–C) groups is 1. The van der Waals surface area contributed by atoms with Crippen LogP contribution < -0.4 is 9.79 Å². The van der Waals surface area contributed by atoms with Crippen molar-refractivity contribution in [2.24, 2.45) is 4.99 Å². The maximum atomic E-state index is 11.9. The van der Waals surface area contributed by atoms with Crippen LogP contribution >= 0.6 is 11.8 Å². The number of nitriles is 1. The maximum absolute atomic E-state index is 11.9. The predicted octanol–water partition coefficient (Wildman–Crippen LogP) is 0.920. The molecule has 0 atom stereocenters. The van der Waals surface area contributed by atoms with Crippen molar-refractivity contribution < 1.29 is 14.3 Å².